The molecule has 2 aliphatic carbocycles. The van der Waals surface area contributed by atoms with E-state index >= 15 is 0 Å². The van der Waals surface area contributed by atoms with E-state index in [1.165, 1.54) is 10.5 Å². The molecular formula is C25H35N5O2. The molecule has 4 atom stereocenters. The van der Waals surface area contributed by atoms with Gasteiger partial charge < -0.3 is 15.5 Å². The molecule has 0 spiro atoms. The zero-order valence-corrected chi connectivity index (χ0v) is 19.2. The number of nitrogens with one attached hydrogen (secondary N) is 2. The molecule has 2 amide bonds. The molecule has 2 fully saturated rings. The number of carbonyl (C=O) groups is 2. The van der Waals surface area contributed by atoms with Gasteiger partial charge in [0.1, 0.15) is 0 Å². The molecular weight excluding hydrogens is 402 g/mol. The second-order valence-electron chi connectivity index (χ2n) is 9.09. The maximum Gasteiger partial charge on any atom is 0.233 e. The van der Waals surface area contributed by atoms with Crippen LogP contribution in [0.1, 0.15) is 25.3 Å². The fourth-order valence-corrected chi connectivity index (χ4v) is 5.32. The third kappa shape index (κ3) is 4.88. The summed E-state index contributed by atoms with van der Waals surface area (Å²) in [5, 5.41) is 6.53. The van der Waals surface area contributed by atoms with Crippen LogP contribution in [0.2, 0.25) is 0 Å². The van der Waals surface area contributed by atoms with Gasteiger partial charge in [0.2, 0.25) is 11.8 Å². The Balaban J connectivity index is 1.19. The van der Waals surface area contributed by atoms with Crippen LogP contribution in [0.5, 0.6) is 0 Å². The Morgan fingerprint density at radius 3 is 2.44 bits per heavy atom. The topological polar surface area (TPSA) is 77.0 Å². The van der Waals surface area contributed by atoms with Crippen LogP contribution < -0.4 is 10.6 Å². The first-order valence-electron chi connectivity index (χ1n) is 11.9. The molecule has 4 unspecified atom stereocenters. The second kappa shape index (κ2) is 10.3. The minimum atomic E-state index is -0.118. The molecule has 1 aromatic carbocycles. The Hall–Kier alpha value is -2.67. The van der Waals surface area contributed by atoms with Crippen molar-refractivity contribution in [2.24, 2.45) is 28.7 Å². The van der Waals surface area contributed by atoms with Gasteiger partial charge in [-0.05, 0) is 50.8 Å². The van der Waals surface area contributed by atoms with Gasteiger partial charge in [-0.2, -0.15) is 0 Å². The quantitative estimate of drug-likeness (QED) is 0.192. The normalized spacial score (nSPS) is 26.3. The number of amides is 2. The number of rotatable bonds is 10. The maximum atomic E-state index is 12.8. The molecule has 1 saturated heterocycles. The molecule has 0 aromatic heterocycles. The lowest BCUT2D eigenvalue weighted by Gasteiger charge is -2.19. The largest absolute Gasteiger partial charge is 0.357 e. The minimum absolute atomic E-state index is 0.0158. The number of nitrogens with zero attached hydrogens (tertiary/aromatic N) is 3. The molecule has 0 radical (unpaired) electrons. The van der Waals surface area contributed by atoms with Crippen molar-refractivity contribution in [3.63, 3.8) is 0 Å². The van der Waals surface area contributed by atoms with Crippen molar-refractivity contribution in [2.45, 2.75) is 26.3 Å². The first-order chi connectivity index (χ1) is 15.6. The molecule has 172 valence electrons. The van der Waals surface area contributed by atoms with E-state index in [4.69, 9.17) is 0 Å². The number of guanidine groups is 1. The number of allylic oxidation sites excluding steroid dienone is 2. The van der Waals surface area contributed by atoms with E-state index < -0.39 is 0 Å². The number of fused-ring (bicyclic) bond motifs is 5. The average molecular weight is 438 g/mol. The fraction of sp³-hybridized carbons (Fsp3) is 0.560. The lowest BCUT2D eigenvalue weighted by Crippen LogP contribution is -2.43. The third-order valence-electron chi connectivity index (χ3n) is 6.80. The fourth-order valence-electron chi connectivity index (χ4n) is 5.32. The van der Waals surface area contributed by atoms with Crippen LogP contribution in [0.25, 0.3) is 0 Å². The van der Waals surface area contributed by atoms with E-state index in [0.717, 1.165) is 45.0 Å². The van der Waals surface area contributed by atoms with Crippen molar-refractivity contribution < 1.29 is 9.59 Å². The second-order valence-corrected chi connectivity index (χ2v) is 9.09. The highest BCUT2D eigenvalue weighted by Gasteiger charge is 2.58. The zero-order chi connectivity index (χ0) is 22.5. The van der Waals surface area contributed by atoms with Gasteiger partial charge in [0.05, 0.1) is 11.8 Å². The van der Waals surface area contributed by atoms with E-state index in [-0.39, 0.29) is 35.5 Å². The molecule has 3 aliphatic rings. The highest BCUT2D eigenvalue weighted by Crippen LogP contribution is 2.52. The van der Waals surface area contributed by atoms with Gasteiger partial charge in [-0.25, -0.2) is 0 Å². The number of aliphatic imine (C=N–C) groups is 1. The van der Waals surface area contributed by atoms with Crippen LogP contribution in [-0.4, -0.2) is 67.3 Å². The van der Waals surface area contributed by atoms with E-state index in [0.29, 0.717) is 13.1 Å². The summed E-state index contributed by atoms with van der Waals surface area (Å²) in [6.07, 6.45) is 6.19. The van der Waals surface area contributed by atoms with Crippen LogP contribution in [0, 0.1) is 23.7 Å². The standard InChI is InChI=1S/C25H35N5O2/c1-3-26-25(27-12-7-14-29(2)17-18-8-5-4-6-9-18)28-13-15-30-23(31)21-19-10-11-20(16-19)22(21)24(30)32/h4-6,8-11,19-22H,3,7,12-17H2,1-2H3,(H2,26,27,28). The Labute approximate surface area is 190 Å². The van der Waals surface area contributed by atoms with E-state index in [1.54, 1.807) is 0 Å². The van der Waals surface area contributed by atoms with Crippen molar-refractivity contribution in [3.05, 3.63) is 48.0 Å². The molecule has 2 N–H and O–H groups in total. The summed E-state index contributed by atoms with van der Waals surface area (Å²) in [4.78, 5) is 34.0. The third-order valence-corrected chi connectivity index (χ3v) is 6.80. The summed E-state index contributed by atoms with van der Waals surface area (Å²) >= 11 is 0. The van der Waals surface area contributed by atoms with Gasteiger partial charge in [-0.1, -0.05) is 42.5 Å². The van der Waals surface area contributed by atoms with E-state index in [2.05, 4.69) is 64.0 Å². The molecule has 7 heteroatoms. The Bertz CT molecular complexity index is 838. The molecule has 32 heavy (non-hydrogen) atoms. The highest BCUT2D eigenvalue weighted by atomic mass is 16.2. The summed E-state index contributed by atoms with van der Waals surface area (Å²) < 4.78 is 0. The SMILES string of the molecule is CCNC(=NCCCN(C)Cc1ccccc1)NCCN1C(=O)C2C3C=CC(C3)C2C1=O. The molecule has 1 saturated carbocycles. The number of hydrogen-bond acceptors (Lipinski definition) is 4. The number of benzene rings is 1. The lowest BCUT2D eigenvalue weighted by molar-refractivity contribution is -0.140. The van der Waals surface area contributed by atoms with Crippen LogP contribution in [0.15, 0.2) is 47.5 Å². The monoisotopic (exact) mass is 437 g/mol. The van der Waals surface area contributed by atoms with Crippen LogP contribution in [0.3, 0.4) is 0 Å². The van der Waals surface area contributed by atoms with Crippen molar-refractivity contribution in [1.29, 1.82) is 0 Å². The van der Waals surface area contributed by atoms with E-state index in [9.17, 15) is 9.59 Å². The number of carbonyl (C=O) groups excluding carboxylic acids is 2. The van der Waals surface area contributed by atoms with Crippen molar-refractivity contribution in [1.82, 2.24) is 20.4 Å². The lowest BCUT2D eigenvalue weighted by atomic mass is 9.85. The first-order valence-corrected chi connectivity index (χ1v) is 11.9. The van der Waals surface area contributed by atoms with E-state index in [1.807, 2.05) is 13.0 Å². The number of likely N-dealkylation sites (tertiary alicyclic amines) is 1. The Morgan fingerprint density at radius 2 is 1.78 bits per heavy atom. The van der Waals surface area contributed by atoms with Gasteiger partial charge in [-0.3, -0.25) is 19.5 Å². The smallest absolute Gasteiger partial charge is 0.233 e. The predicted molar refractivity (Wildman–Crippen MR) is 126 cm³/mol. The number of imide groups is 1. The number of hydrogen-bond donors (Lipinski definition) is 2. The first kappa shape index (κ1) is 22.5. The average Bonchev–Trinajstić information content (AvgIpc) is 3.47. The molecule has 4 rings (SSSR count). The van der Waals surface area contributed by atoms with Crippen molar-refractivity contribution in [2.75, 3.05) is 39.8 Å². The van der Waals surface area contributed by atoms with Crippen molar-refractivity contribution in [3.8, 4) is 0 Å². The van der Waals surface area contributed by atoms with Crippen LogP contribution >= 0.6 is 0 Å². The Morgan fingerprint density at radius 1 is 1.09 bits per heavy atom. The summed E-state index contributed by atoms with van der Waals surface area (Å²) in [7, 11) is 2.13. The molecule has 7 nitrogen and oxygen atoms in total. The Kier molecular flexibility index (Phi) is 7.25. The molecule has 1 aromatic rings. The predicted octanol–water partition coefficient (Wildman–Crippen LogP) is 1.87. The summed E-state index contributed by atoms with van der Waals surface area (Å²) in [6.45, 7) is 6.32. The summed E-state index contributed by atoms with van der Waals surface area (Å²) in [5.74, 6) is 1.06. The van der Waals surface area contributed by atoms with Gasteiger partial charge in [0.25, 0.3) is 0 Å². The maximum absolute atomic E-state index is 12.8. The molecule has 1 aliphatic heterocycles. The molecule has 2 bridgehead atoms. The highest BCUT2D eigenvalue weighted by molar-refractivity contribution is 6.06. The van der Waals surface area contributed by atoms with Gasteiger partial charge >= 0.3 is 0 Å². The summed E-state index contributed by atoms with van der Waals surface area (Å²) in [5.41, 5.74) is 1.31. The van der Waals surface area contributed by atoms with Gasteiger partial charge in [0.15, 0.2) is 5.96 Å². The van der Waals surface area contributed by atoms with Crippen LogP contribution in [-0.2, 0) is 16.1 Å². The molecule has 1 heterocycles. The van der Waals surface area contributed by atoms with Crippen molar-refractivity contribution >= 4 is 17.8 Å². The van der Waals surface area contributed by atoms with Gasteiger partial charge in [0, 0.05) is 32.7 Å². The van der Waals surface area contributed by atoms with Crippen LogP contribution in [0.4, 0.5) is 0 Å². The minimum Gasteiger partial charge on any atom is -0.357 e. The van der Waals surface area contributed by atoms with Gasteiger partial charge in [-0.15, -0.1) is 0 Å². The summed E-state index contributed by atoms with van der Waals surface area (Å²) in [6, 6.07) is 10.5. The zero-order valence-electron chi connectivity index (χ0n) is 19.2.